The molecular formula is C10H19NO. The second-order valence-electron chi connectivity index (χ2n) is 3.83. The van der Waals surface area contributed by atoms with Gasteiger partial charge in [-0.25, -0.2) is 0 Å². The first kappa shape index (κ1) is 9.75. The molecule has 0 amide bonds. The summed E-state index contributed by atoms with van der Waals surface area (Å²) >= 11 is 0. The molecule has 1 saturated heterocycles. The predicted octanol–water partition coefficient (Wildman–Crippen LogP) is 1.46. The molecule has 70 valence electrons. The van der Waals surface area contributed by atoms with E-state index in [4.69, 9.17) is 0 Å². The zero-order valence-electron chi connectivity index (χ0n) is 7.84. The third kappa shape index (κ3) is 2.32. The van der Waals surface area contributed by atoms with Gasteiger partial charge in [-0.15, -0.1) is 6.58 Å². The summed E-state index contributed by atoms with van der Waals surface area (Å²) in [7, 11) is 0. The lowest BCUT2D eigenvalue weighted by Gasteiger charge is -2.29. The summed E-state index contributed by atoms with van der Waals surface area (Å²) in [6.07, 6.45) is 5.86. The molecule has 0 aliphatic carbocycles. The van der Waals surface area contributed by atoms with Crippen LogP contribution in [0.4, 0.5) is 0 Å². The molecule has 0 aromatic heterocycles. The van der Waals surface area contributed by atoms with Crippen molar-refractivity contribution in [1.82, 2.24) is 5.32 Å². The molecule has 0 radical (unpaired) electrons. The number of aliphatic hydroxyl groups is 1. The van der Waals surface area contributed by atoms with Gasteiger partial charge in [-0.2, -0.15) is 0 Å². The Kier molecular flexibility index (Phi) is 3.29. The van der Waals surface area contributed by atoms with Crippen LogP contribution in [0.25, 0.3) is 0 Å². The number of hydrogen-bond donors (Lipinski definition) is 2. The fourth-order valence-electron chi connectivity index (χ4n) is 1.78. The summed E-state index contributed by atoms with van der Waals surface area (Å²) in [5.41, 5.74) is -0.551. The van der Waals surface area contributed by atoms with Crippen LogP contribution in [0.5, 0.6) is 0 Å². The van der Waals surface area contributed by atoms with E-state index in [0.717, 1.165) is 25.8 Å². The summed E-state index contributed by atoms with van der Waals surface area (Å²) in [5, 5.41) is 13.4. The van der Waals surface area contributed by atoms with Crippen molar-refractivity contribution in [2.75, 3.05) is 6.54 Å². The van der Waals surface area contributed by atoms with Crippen molar-refractivity contribution in [2.24, 2.45) is 0 Å². The molecule has 2 nitrogen and oxygen atoms in total. The minimum Gasteiger partial charge on any atom is -0.389 e. The normalized spacial score (nSPS) is 28.3. The monoisotopic (exact) mass is 169 g/mol. The molecule has 2 heteroatoms. The second-order valence-corrected chi connectivity index (χ2v) is 3.83. The van der Waals surface area contributed by atoms with Crippen LogP contribution in [0.1, 0.15) is 32.6 Å². The molecule has 1 aliphatic rings. The van der Waals surface area contributed by atoms with Crippen LogP contribution in [-0.4, -0.2) is 23.3 Å². The molecule has 1 heterocycles. The number of hydrogen-bond acceptors (Lipinski definition) is 2. The van der Waals surface area contributed by atoms with Gasteiger partial charge in [0.1, 0.15) is 0 Å². The summed E-state index contributed by atoms with van der Waals surface area (Å²) in [6, 6.07) is 0.289. The van der Waals surface area contributed by atoms with E-state index in [1.54, 1.807) is 0 Å². The maximum absolute atomic E-state index is 10.0. The van der Waals surface area contributed by atoms with Gasteiger partial charge in [0.2, 0.25) is 0 Å². The zero-order valence-corrected chi connectivity index (χ0v) is 7.84. The standard InChI is InChI=1S/C10H19NO/c1-3-4-7-10(2,12)9-6-5-8-11-9/h3,9,11-12H,1,4-8H2,2H3. The average molecular weight is 169 g/mol. The Hall–Kier alpha value is -0.340. The van der Waals surface area contributed by atoms with Crippen LogP contribution >= 0.6 is 0 Å². The highest BCUT2D eigenvalue weighted by Gasteiger charge is 2.32. The molecule has 1 aliphatic heterocycles. The zero-order chi connectivity index (χ0) is 9.03. The lowest BCUT2D eigenvalue weighted by Crippen LogP contribution is -2.45. The molecule has 0 spiro atoms. The Bertz CT molecular complexity index is 148. The Morgan fingerprint density at radius 3 is 3.00 bits per heavy atom. The van der Waals surface area contributed by atoms with Crippen LogP contribution in [0, 0.1) is 0 Å². The van der Waals surface area contributed by atoms with Gasteiger partial charge < -0.3 is 10.4 Å². The Morgan fingerprint density at radius 2 is 2.50 bits per heavy atom. The number of nitrogens with one attached hydrogen (secondary N) is 1. The van der Waals surface area contributed by atoms with Crippen molar-refractivity contribution in [1.29, 1.82) is 0 Å². The summed E-state index contributed by atoms with van der Waals surface area (Å²) in [6.45, 7) is 6.63. The van der Waals surface area contributed by atoms with Crippen LogP contribution in [-0.2, 0) is 0 Å². The molecule has 0 aromatic carbocycles. The van der Waals surface area contributed by atoms with E-state index in [2.05, 4.69) is 11.9 Å². The van der Waals surface area contributed by atoms with Gasteiger partial charge >= 0.3 is 0 Å². The first-order chi connectivity index (χ1) is 5.67. The van der Waals surface area contributed by atoms with Gasteiger partial charge in [-0.1, -0.05) is 6.08 Å². The molecule has 1 fully saturated rings. The lowest BCUT2D eigenvalue weighted by atomic mass is 9.90. The number of rotatable bonds is 4. The average Bonchev–Trinajstić information content (AvgIpc) is 2.53. The molecule has 0 aromatic rings. The minimum absolute atomic E-state index is 0.289. The Morgan fingerprint density at radius 1 is 1.75 bits per heavy atom. The van der Waals surface area contributed by atoms with E-state index >= 15 is 0 Å². The maximum Gasteiger partial charge on any atom is 0.0775 e. The van der Waals surface area contributed by atoms with Gasteiger partial charge in [0.25, 0.3) is 0 Å². The van der Waals surface area contributed by atoms with Gasteiger partial charge in [0.05, 0.1) is 5.60 Å². The van der Waals surface area contributed by atoms with Gasteiger partial charge in [-0.05, 0) is 39.2 Å². The van der Waals surface area contributed by atoms with E-state index in [1.165, 1.54) is 6.42 Å². The highest BCUT2D eigenvalue weighted by atomic mass is 16.3. The van der Waals surface area contributed by atoms with Crippen LogP contribution in [0.15, 0.2) is 12.7 Å². The maximum atomic E-state index is 10.0. The van der Waals surface area contributed by atoms with Crippen molar-refractivity contribution in [3.8, 4) is 0 Å². The fourth-order valence-corrected chi connectivity index (χ4v) is 1.78. The van der Waals surface area contributed by atoms with Crippen molar-refractivity contribution in [3.05, 3.63) is 12.7 Å². The van der Waals surface area contributed by atoms with E-state index in [-0.39, 0.29) is 6.04 Å². The third-order valence-electron chi connectivity index (χ3n) is 2.67. The summed E-state index contributed by atoms with van der Waals surface area (Å²) < 4.78 is 0. The molecule has 12 heavy (non-hydrogen) atoms. The van der Waals surface area contributed by atoms with Crippen molar-refractivity contribution in [3.63, 3.8) is 0 Å². The van der Waals surface area contributed by atoms with E-state index in [9.17, 15) is 5.11 Å². The molecule has 0 bridgehead atoms. The van der Waals surface area contributed by atoms with Crippen molar-refractivity contribution >= 4 is 0 Å². The second kappa shape index (κ2) is 4.06. The highest BCUT2D eigenvalue weighted by Crippen LogP contribution is 2.23. The molecule has 2 N–H and O–H groups in total. The van der Waals surface area contributed by atoms with Crippen LogP contribution in [0.2, 0.25) is 0 Å². The van der Waals surface area contributed by atoms with Crippen LogP contribution < -0.4 is 5.32 Å². The lowest BCUT2D eigenvalue weighted by molar-refractivity contribution is 0.0185. The van der Waals surface area contributed by atoms with Gasteiger partial charge in [0.15, 0.2) is 0 Å². The van der Waals surface area contributed by atoms with Crippen molar-refractivity contribution < 1.29 is 5.11 Å². The third-order valence-corrected chi connectivity index (χ3v) is 2.67. The smallest absolute Gasteiger partial charge is 0.0775 e. The quantitative estimate of drug-likeness (QED) is 0.624. The van der Waals surface area contributed by atoms with E-state index in [1.807, 2.05) is 13.0 Å². The van der Waals surface area contributed by atoms with Crippen LogP contribution in [0.3, 0.4) is 0 Å². The summed E-state index contributed by atoms with van der Waals surface area (Å²) in [4.78, 5) is 0. The SMILES string of the molecule is C=CCCC(C)(O)C1CCCN1. The van der Waals surface area contributed by atoms with E-state index in [0.29, 0.717) is 0 Å². The first-order valence-electron chi connectivity index (χ1n) is 4.73. The minimum atomic E-state index is -0.551. The van der Waals surface area contributed by atoms with Gasteiger partial charge in [-0.3, -0.25) is 0 Å². The molecule has 1 rings (SSSR count). The molecule has 0 saturated carbocycles. The highest BCUT2D eigenvalue weighted by molar-refractivity contribution is 4.92. The van der Waals surface area contributed by atoms with Crippen molar-refractivity contribution in [2.45, 2.75) is 44.2 Å². The fraction of sp³-hybridized carbons (Fsp3) is 0.800. The van der Waals surface area contributed by atoms with Gasteiger partial charge in [0, 0.05) is 6.04 Å². The van der Waals surface area contributed by atoms with E-state index < -0.39 is 5.60 Å². The Balaban J connectivity index is 2.39. The summed E-state index contributed by atoms with van der Waals surface area (Å²) in [5.74, 6) is 0. The Labute approximate surface area is 74.7 Å². The predicted molar refractivity (Wildman–Crippen MR) is 51.1 cm³/mol. The molecule has 2 atom stereocenters. The number of allylic oxidation sites excluding steroid dienone is 1. The first-order valence-corrected chi connectivity index (χ1v) is 4.73. The largest absolute Gasteiger partial charge is 0.389 e. The molecule has 2 unspecified atom stereocenters. The molecular weight excluding hydrogens is 150 g/mol. The topological polar surface area (TPSA) is 32.3 Å².